The lowest BCUT2D eigenvalue weighted by Crippen LogP contribution is -2.56. The lowest BCUT2D eigenvalue weighted by Gasteiger charge is -2.39. The zero-order valence-corrected chi connectivity index (χ0v) is 21.2. The average molecular weight is 520 g/mol. The number of anilines is 1. The molecular weight excluding hydrogens is 490 g/mol. The first-order valence-corrected chi connectivity index (χ1v) is 12.3. The second kappa shape index (κ2) is 11.6. The number of para-hydroxylation sites is 1. The molecule has 0 bridgehead atoms. The van der Waals surface area contributed by atoms with Crippen LogP contribution >= 0.6 is 0 Å². The first kappa shape index (κ1) is 26.4. The van der Waals surface area contributed by atoms with Gasteiger partial charge in [-0.3, -0.25) is 19.2 Å². The molecule has 1 atom stereocenters. The van der Waals surface area contributed by atoms with E-state index in [2.05, 4.69) is 15.6 Å². The van der Waals surface area contributed by atoms with E-state index in [4.69, 9.17) is 4.74 Å². The topological polar surface area (TPSA) is 141 Å². The van der Waals surface area contributed by atoms with Crippen molar-refractivity contribution >= 4 is 46.2 Å². The number of aromatic nitrogens is 1. The standard InChI is InChI=1S/C27H29N5O6/c1-3-38-22(33)15-29-27(37)30-21-11-7-10-19-20(14-28-23(19)21)24(34)26(36)32-13-12-31(16-17(32)2)25(35)18-8-5-4-6-9-18/h4-11,14,17,28H,3,12-13,15-16H2,1-2H3,(H2,29,30,37)/t17-/m1/s1. The van der Waals surface area contributed by atoms with Crippen LogP contribution < -0.4 is 10.6 Å². The normalized spacial score (nSPS) is 15.2. The number of carbonyl (C=O) groups excluding carboxylic acids is 5. The van der Waals surface area contributed by atoms with E-state index in [0.29, 0.717) is 35.2 Å². The van der Waals surface area contributed by atoms with Gasteiger partial charge in [-0.05, 0) is 32.0 Å². The first-order chi connectivity index (χ1) is 18.3. The highest BCUT2D eigenvalue weighted by Crippen LogP contribution is 2.26. The minimum Gasteiger partial charge on any atom is -0.465 e. The summed E-state index contributed by atoms with van der Waals surface area (Å²) in [4.78, 5) is 69.0. The Hall–Kier alpha value is -4.67. The number of ether oxygens (including phenoxy) is 1. The fourth-order valence-corrected chi connectivity index (χ4v) is 4.43. The number of hydrogen-bond acceptors (Lipinski definition) is 6. The van der Waals surface area contributed by atoms with Gasteiger partial charge in [-0.25, -0.2) is 4.79 Å². The number of fused-ring (bicyclic) bond motifs is 1. The van der Waals surface area contributed by atoms with Crippen LogP contribution in [0.2, 0.25) is 0 Å². The molecule has 11 heteroatoms. The number of piperazine rings is 1. The zero-order chi connectivity index (χ0) is 27.2. The van der Waals surface area contributed by atoms with E-state index < -0.39 is 23.7 Å². The summed E-state index contributed by atoms with van der Waals surface area (Å²) in [5.41, 5.74) is 1.59. The Morgan fingerprint density at radius 2 is 1.79 bits per heavy atom. The molecule has 1 aliphatic rings. The van der Waals surface area contributed by atoms with Crippen molar-refractivity contribution in [2.45, 2.75) is 19.9 Å². The Morgan fingerprint density at radius 3 is 2.50 bits per heavy atom. The van der Waals surface area contributed by atoms with Gasteiger partial charge in [0.05, 0.1) is 23.4 Å². The van der Waals surface area contributed by atoms with Crippen LogP contribution in [-0.2, 0) is 14.3 Å². The molecule has 1 aliphatic heterocycles. The van der Waals surface area contributed by atoms with E-state index in [9.17, 15) is 24.0 Å². The maximum absolute atomic E-state index is 13.2. The van der Waals surface area contributed by atoms with E-state index in [1.165, 1.54) is 11.1 Å². The van der Waals surface area contributed by atoms with Gasteiger partial charge in [-0.1, -0.05) is 30.3 Å². The van der Waals surface area contributed by atoms with E-state index >= 15 is 0 Å². The molecule has 0 aliphatic carbocycles. The number of amides is 4. The number of rotatable bonds is 7. The van der Waals surface area contributed by atoms with Crippen LogP contribution in [0.25, 0.3) is 10.9 Å². The van der Waals surface area contributed by atoms with Crippen LogP contribution in [0.3, 0.4) is 0 Å². The summed E-state index contributed by atoms with van der Waals surface area (Å²) in [5, 5.41) is 5.50. The second-order valence-electron chi connectivity index (χ2n) is 8.84. The molecule has 11 nitrogen and oxygen atoms in total. The molecule has 0 spiro atoms. The quantitative estimate of drug-likeness (QED) is 0.249. The number of Topliss-reactive ketones (excluding diaryl/α,β-unsaturated/α-hetero) is 1. The number of hydrogen-bond donors (Lipinski definition) is 3. The minimum atomic E-state index is -0.685. The summed E-state index contributed by atoms with van der Waals surface area (Å²) in [7, 11) is 0. The lowest BCUT2D eigenvalue weighted by atomic mass is 10.1. The number of benzene rings is 2. The third-order valence-electron chi connectivity index (χ3n) is 6.30. The fraction of sp³-hybridized carbons (Fsp3) is 0.296. The van der Waals surface area contributed by atoms with Crippen molar-refractivity contribution in [2.75, 3.05) is 38.1 Å². The van der Waals surface area contributed by atoms with Crippen LogP contribution in [0.15, 0.2) is 54.7 Å². The maximum Gasteiger partial charge on any atom is 0.325 e. The molecule has 3 aromatic rings. The van der Waals surface area contributed by atoms with Crippen molar-refractivity contribution < 1.29 is 28.7 Å². The Bertz CT molecular complexity index is 1370. The molecule has 38 heavy (non-hydrogen) atoms. The Labute approximate surface area is 219 Å². The van der Waals surface area contributed by atoms with Gasteiger partial charge >= 0.3 is 12.0 Å². The fourth-order valence-electron chi connectivity index (χ4n) is 4.43. The molecule has 2 aromatic carbocycles. The average Bonchev–Trinajstić information content (AvgIpc) is 3.36. The van der Waals surface area contributed by atoms with E-state index in [-0.39, 0.29) is 37.2 Å². The molecule has 1 saturated heterocycles. The van der Waals surface area contributed by atoms with Gasteiger partial charge in [0.1, 0.15) is 6.54 Å². The molecule has 1 aromatic heterocycles. The summed E-state index contributed by atoms with van der Waals surface area (Å²) in [6.45, 7) is 4.26. The number of urea groups is 1. The Morgan fingerprint density at radius 1 is 1.03 bits per heavy atom. The van der Waals surface area contributed by atoms with Crippen molar-refractivity contribution in [3.05, 3.63) is 65.9 Å². The third-order valence-corrected chi connectivity index (χ3v) is 6.30. The molecule has 1 fully saturated rings. The van der Waals surface area contributed by atoms with E-state index in [1.54, 1.807) is 54.3 Å². The molecule has 0 radical (unpaired) electrons. The molecule has 198 valence electrons. The highest BCUT2D eigenvalue weighted by Gasteiger charge is 2.34. The molecular formula is C27H29N5O6. The summed E-state index contributed by atoms with van der Waals surface area (Å²) < 4.78 is 4.78. The molecule has 4 rings (SSSR count). The maximum atomic E-state index is 13.2. The molecule has 3 N–H and O–H groups in total. The predicted molar refractivity (Wildman–Crippen MR) is 140 cm³/mol. The van der Waals surface area contributed by atoms with Crippen molar-refractivity contribution in [1.82, 2.24) is 20.1 Å². The third kappa shape index (κ3) is 5.66. The highest BCUT2D eigenvalue weighted by molar-refractivity contribution is 6.45. The first-order valence-electron chi connectivity index (χ1n) is 12.3. The Balaban J connectivity index is 1.43. The summed E-state index contributed by atoms with van der Waals surface area (Å²) >= 11 is 0. The minimum absolute atomic E-state index is 0.112. The summed E-state index contributed by atoms with van der Waals surface area (Å²) in [5.74, 6) is -2.02. The van der Waals surface area contributed by atoms with Gasteiger partial charge in [-0.2, -0.15) is 0 Å². The number of ketones is 1. The SMILES string of the molecule is CCOC(=O)CNC(=O)Nc1cccc2c(C(=O)C(=O)N3CCN(C(=O)c4ccccc4)C[C@H]3C)c[nH]c12. The molecule has 4 amide bonds. The molecule has 0 saturated carbocycles. The van der Waals surface area contributed by atoms with Gasteiger partial charge in [0.15, 0.2) is 0 Å². The monoisotopic (exact) mass is 519 g/mol. The van der Waals surface area contributed by atoms with Crippen molar-refractivity contribution in [2.24, 2.45) is 0 Å². The summed E-state index contributed by atoms with van der Waals surface area (Å²) in [6.07, 6.45) is 1.44. The van der Waals surface area contributed by atoms with Crippen LogP contribution in [0.4, 0.5) is 10.5 Å². The van der Waals surface area contributed by atoms with Crippen LogP contribution in [0.5, 0.6) is 0 Å². The molecule has 2 heterocycles. The Kier molecular flexibility index (Phi) is 8.05. The van der Waals surface area contributed by atoms with Crippen molar-refractivity contribution in [3.8, 4) is 0 Å². The van der Waals surface area contributed by atoms with Gasteiger partial charge < -0.3 is 30.2 Å². The van der Waals surface area contributed by atoms with E-state index in [1.807, 2.05) is 13.0 Å². The number of nitrogens with one attached hydrogen (secondary N) is 3. The second-order valence-corrected chi connectivity index (χ2v) is 8.84. The van der Waals surface area contributed by atoms with Gasteiger partial charge in [0.2, 0.25) is 0 Å². The van der Waals surface area contributed by atoms with Crippen LogP contribution in [0.1, 0.15) is 34.6 Å². The zero-order valence-electron chi connectivity index (χ0n) is 21.2. The van der Waals surface area contributed by atoms with Crippen LogP contribution in [0, 0.1) is 0 Å². The predicted octanol–water partition coefficient (Wildman–Crippen LogP) is 2.41. The van der Waals surface area contributed by atoms with Crippen molar-refractivity contribution in [1.29, 1.82) is 0 Å². The van der Waals surface area contributed by atoms with Crippen molar-refractivity contribution in [3.63, 3.8) is 0 Å². The number of carbonyl (C=O) groups is 5. The van der Waals surface area contributed by atoms with E-state index in [0.717, 1.165) is 0 Å². The summed E-state index contributed by atoms with van der Waals surface area (Å²) in [6, 6.07) is 12.9. The van der Waals surface area contributed by atoms with Gasteiger partial charge in [0, 0.05) is 42.8 Å². The number of aromatic amines is 1. The number of nitrogens with zero attached hydrogens (tertiary/aromatic N) is 2. The number of esters is 1. The molecule has 0 unspecified atom stereocenters. The van der Waals surface area contributed by atoms with Gasteiger partial charge in [0.25, 0.3) is 17.6 Å². The lowest BCUT2D eigenvalue weighted by molar-refractivity contribution is -0.141. The largest absolute Gasteiger partial charge is 0.465 e. The smallest absolute Gasteiger partial charge is 0.325 e. The van der Waals surface area contributed by atoms with Gasteiger partial charge in [-0.15, -0.1) is 0 Å². The number of H-pyrrole nitrogens is 1. The highest BCUT2D eigenvalue weighted by atomic mass is 16.5. The van der Waals surface area contributed by atoms with Crippen LogP contribution in [-0.4, -0.2) is 83.2 Å².